The van der Waals surface area contributed by atoms with Gasteiger partial charge >= 0.3 is 0 Å². The highest BCUT2D eigenvalue weighted by Gasteiger charge is 2.34. The van der Waals surface area contributed by atoms with Gasteiger partial charge in [0.25, 0.3) is 5.91 Å². The summed E-state index contributed by atoms with van der Waals surface area (Å²) in [5, 5.41) is 5.71. The summed E-state index contributed by atoms with van der Waals surface area (Å²) < 4.78 is 40.2. The molecule has 1 fully saturated rings. The summed E-state index contributed by atoms with van der Waals surface area (Å²) in [6.07, 6.45) is 1.68. The van der Waals surface area contributed by atoms with Gasteiger partial charge in [-0.3, -0.25) is 4.79 Å². The van der Waals surface area contributed by atoms with Gasteiger partial charge in [-0.1, -0.05) is 0 Å². The van der Waals surface area contributed by atoms with Gasteiger partial charge in [-0.05, 0) is 68.4 Å². The van der Waals surface area contributed by atoms with E-state index in [2.05, 4.69) is 10.6 Å². The molecule has 0 spiro atoms. The maximum absolute atomic E-state index is 12.9. The van der Waals surface area contributed by atoms with Crippen LogP contribution < -0.4 is 10.6 Å². The molecule has 2 aromatic rings. The Morgan fingerprint density at radius 2 is 1.81 bits per heavy atom. The van der Waals surface area contributed by atoms with Gasteiger partial charge in [0.05, 0.1) is 4.90 Å². The Labute approximate surface area is 158 Å². The summed E-state index contributed by atoms with van der Waals surface area (Å²) in [7, 11) is -1.77. The van der Waals surface area contributed by atoms with Crippen LogP contribution in [0.3, 0.4) is 0 Å². The monoisotopic (exact) mass is 391 g/mol. The number of rotatable bonds is 6. The predicted octanol–water partition coefficient (Wildman–Crippen LogP) is 2.45. The number of anilines is 1. The number of halogens is 1. The maximum atomic E-state index is 12.9. The molecule has 1 saturated heterocycles. The summed E-state index contributed by atoms with van der Waals surface area (Å²) in [4.78, 5) is 12.4. The zero-order chi connectivity index (χ0) is 19.4. The lowest BCUT2D eigenvalue weighted by Gasteiger charge is -2.24. The Bertz CT molecular complexity index is 899. The molecule has 27 heavy (non-hydrogen) atoms. The number of amides is 1. The maximum Gasteiger partial charge on any atom is 0.255 e. The van der Waals surface area contributed by atoms with Crippen LogP contribution in [0.1, 0.15) is 23.2 Å². The van der Waals surface area contributed by atoms with Crippen LogP contribution in [0.2, 0.25) is 0 Å². The fourth-order valence-electron chi connectivity index (χ4n) is 3.22. The fraction of sp³-hybridized carbons (Fsp3) is 0.316. The number of benzene rings is 2. The van der Waals surface area contributed by atoms with Crippen LogP contribution in [-0.2, 0) is 10.0 Å². The van der Waals surface area contributed by atoms with E-state index in [1.165, 1.54) is 40.7 Å². The minimum absolute atomic E-state index is 0.0437. The first-order valence-electron chi connectivity index (χ1n) is 8.75. The van der Waals surface area contributed by atoms with E-state index in [9.17, 15) is 17.6 Å². The third-order valence-corrected chi connectivity index (χ3v) is 6.55. The van der Waals surface area contributed by atoms with Crippen molar-refractivity contribution in [2.75, 3.05) is 25.5 Å². The molecule has 2 N–H and O–H groups in total. The molecular formula is C19H22FN3O3S. The van der Waals surface area contributed by atoms with Crippen molar-refractivity contribution in [3.63, 3.8) is 0 Å². The van der Waals surface area contributed by atoms with E-state index in [1.807, 2.05) is 7.05 Å². The van der Waals surface area contributed by atoms with Crippen LogP contribution in [0, 0.1) is 5.82 Å². The van der Waals surface area contributed by atoms with Crippen molar-refractivity contribution in [3.05, 3.63) is 59.9 Å². The van der Waals surface area contributed by atoms with Crippen molar-refractivity contribution < 1.29 is 17.6 Å². The molecule has 6 nitrogen and oxygen atoms in total. The molecule has 1 amide bonds. The van der Waals surface area contributed by atoms with Crippen LogP contribution in [0.25, 0.3) is 0 Å². The summed E-state index contributed by atoms with van der Waals surface area (Å²) in [6, 6.07) is 11.2. The average molecular weight is 391 g/mol. The van der Waals surface area contributed by atoms with Gasteiger partial charge in [-0.15, -0.1) is 0 Å². The molecule has 144 valence electrons. The van der Waals surface area contributed by atoms with Crippen molar-refractivity contribution in [2.24, 2.45) is 0 Å². The van der Waals surface area contributed by atoms with Crippen molar-refractivity contribution in [1.82, 2.24) is 9.62 Å². The van der Waals surface area contributed by atoms with E-state index in [4.69, 9.17) is 0 Å². The number of hydrogen-bond acceptors (Lipinski definition) is 4. The predicted molar refractivity (Wildman–Crippen MR) is 102 cm³/mol. The smallest absolute Gasteiger partial charge is 0.255 e. The Morgan fingerprint density at radius 3 is 2.44 bits per heavy atom. The van der Waals surface area contributed by atoms with E-state index in [0.717, 1.165) is 12.8 Å². The molecule has 1 atom stereocenters. The van der Waals surface area contributed by atoms with Crippen molar-refractivity contribution in [2.45, 2.75) is 23.8 Å². The zero-order valence-corrected chi connectivity index (χ0v) is 15.8. The minimum Gasteiger partial charge on any atom is -0.322 e. The number of sulfonamides is 1. The second-order valence-electron chi connectivity index (χ2n) is 6.45. The van der Waals surface area contributed by atoms with E-state index in [0.29, 0.717) is 24.3 Å². The highest BCUT2D eigenvalue weighted by molar-refractivity contribution is 7.89. The van der Waals surface area contributed by atoms with Crippen LogP contribution in [0.4, 0.5) is 10.1 Å². The average Bonchev–Trinajstić information content (AvgIpc) is 3.12. The summed E-state index contributed by atoms with van der Waals surface area (Å²) in [6.45, 7) is 1.13. The lowest BCUT2D eigenvalue weighted by Crippen LogP contribution is -2.40. The standard InChI is InChI=1S/C19H22FN3O3S/c1-21-13-17-3-2-12-23(17)27(25,26)18-10-8-16(9-11-18)22-19(24)14-4-6-15(20)7-5-14/h4-11,17,21H,2-3,12-13H2,1H3,(H,22,24). The van der Waals surface area contributed by atoms with E-state index >= 15 is 0 Å². The first kappa shape index (κ1) is 19.5. The molecule has 1 unspecified atom stereocenters. The summed E-state index contributed by atoms with van der Waals surface area (Å²) >= 11 is 0. The molecule has 0 bridgehead atoms. The van der Waals surface area contributed by atoms with Crippen LogP contribution >= 0.6 is 0 Å². The molecule has 1 aliphatic heterocycles. The SMILES string of the molecule is CNCC1CCCN1S(=O)(=O)c1ccc(NC(=O)c2ccc(F)cc2)cc1. The second-order valence-corrected chi connectivity index (χ2v) is 8.35. The van der Waals surface area contributed by atoms with Crippen molar-refractivity contribution in [1.29, 1.82) is 0 Å². The molecule has 1 heterocycles. The van der Waals surface area contributed by atoms with E-state index in [1.54, 1.807) is 12.1 Å². The van der Waals surface area contributed by atoms with Crippen molar-refractivity contribution >= 4 is 21.6 Å². The number of carbonyl (C=O) groups is 1. The number of carbonyl (C=O) groups excluding carboxylic acids is 1. The normalized spacial score (nSPS) is 17.8. The lowest BCUT2D eigenvalue weighted by atomic mass is 10.2. The minimum atomic E-state index is -3.57. The van der Waals surface area contributed by atoms with Crippen LogP contribution in [-0.4, -0.2) is 44.8 Å². The van der Waals surface area contributed by atoms with Crippen LogP contribution in [0.5, 0.6) is 0 Å². The van der Waals surface area contributed by atoms with Crippen LogP contribution in [0.15, 0.2) is 53.4 Å². The molecule has 3 rings (SSSR count). The first-order valence-corrected chi connectivity index (χ1v) is 10.2. The highest BCUT2D eigenvalue weighted by Crippen LogP contribution is 2.26. The molecule has 0 aromatic heterocycles. The molecule has 2 aromatic carbocycles. The zero-order valence-electron chi connectivity index (χ0n) is 15.0. The Morgan fingerprint density at radius 1 is 1.15 bits per heavy atom. The third-order valence-electron chi connectivity index (χ3n) is 4.59. The Balaban J connectivity index is 1.73. The molecule has 0 saturated carbocycles. The van der Waals surface area contributed by atoms with Gasteiger partial charge in [-0.25, -0.2) is 12.8 Å². The van der Waals surface area contributed by atoms with Gasteiger partial charge in [0.1, 0.15) is 5.82 Å². The number of hydrogen-bond donors (Lipinski definition) is 2. The number of nitrogens with one attached hydrogen (secondary N) is 2. The third kappa shape index (κ3) is 4.35. The van der Waals surface area contributed by atoms with E-state index in [-0.39, 0.29) is 16.8 Å². The van der Waals surface area contributed by atoms with Gasteiger partial charge < -0.3 is 10.6 Å². The quantitative estimate of drug-likeness (QED) is 0.793. The van der Waals surface area contributed by atoms with Gasteiger partial charge in [0, 0.05) is 30.4 Å². The summed E-state index contributed by atoms with van der Waals surface area (Å²) in [5.74, 6) is -0.807. The molecular weight excluding hydrogens is 369 g/mol. The molecule has 0 radical (unpaired) electrons. The lowest BCUT2D eigenvalue weighted by molar-refractivity contribution is 0.102. The molecule has 1 aliphatic rings. The molecule has 0 aliphatic carbocycles. The topological polar surface area (TPSA) is 78.5 Å². The highest BCUT2D eigenvalue weighted by atomic mass is 32.2. The number of nitrogens with zero attached hydrogens (tertiary/aromatic N) is 1. The fourth-order valence-corrected chi connectivity index (χ4v) is 4.91. The number of likely N-dealkylation sites (N-methyl/N-ethyl adjacent to an activating group) is 1. The molecule has 8 heteroatoms. The van der Waals surface area contributed by atoms with Gasteiger partial charge in [0.15, 0.2) is 0 Å². The summed E-state index contributed by atoms with van der Waals surface area (Å²) in [5.41, 5.74) is 0.788. The largest absolute Gasteiger partial charge is 0.322 e. The Kier molecular flexibility index (Phi) is 5.88. The van der Waals surface area contributed by atoms with E-state index < -0.39 is 15.8 Å². The first-order chi connectivity index (χ1) is 12.9. The second kappa shape index (κ2) is 8.16. The van der Waals surface area contributed by atoms with Gasteiger partial charge in [0.2, 0.25) is 10.0 Å². The van der Waals surface area contributed by atoms with Crippen molar-refractivity contribution in [3.8, 4) is 0 Å². The Hall–Kier alpha value is -2.29. The van der Waals surface area contributed by atoms with Gasteiger partial charge in [-0.2, -0.15) is 4.31 Å².